The Morgan fingerprint density at radius 1 is 1.44 bits per heavy atom. The van der Waals surface area contributed by atoms with Gasteiger partial charge in [-0.25, -0.2) is 4.98 Å². The van der Waals surface area contributed by atoms with E-state index in [4.69, 9.17) is 4.52 Å². The first-order valence-corrected chi connectivity index (χ1v) is 5.59. The second-order valence-corrected chi connectivity index (χ2v) is 4.36. The van der Waals surface area contributed by atoms with E-state index in [1.807, 2.05) is 6.07 Å². The predicted molar refractivity (Wildman–Crippen MR) is 66.1 cm³/mol. The molecule has 0 unspecified atom stereocenters. The number of pyridine rings is 1. The molecule has 0 spiro atoms. The molecule has 2 aromatic rings. The number of rotatable bonds is 2. The summed E-state index contributed by atoms with van der Waals surface area (Å²) in [5, 5.41) is 6.20. The number of aryl methyl sites for hydroxylation is 1. The molecule has 2 rings (SSSR count). The lowest BCUT2D eigenvalue weighted by Gasteiger charge is -2.02. The fourth-order valence-electron chi connectivity index (χ4n) is 1.15. The monoisotopic (exact) mass is 329 g/mol. The molecule has 0 radical (unpaired) electrons. The number of nitrogens with one attached hydrogen (secondary N) is 1. The molecule has 0 aromatic carbocycles. The zero-order chi connectivity index (χ0) is 11.5. The van der Waals surface area contributed by atoms with Crippen molar-refractivity contribution in [2.24, 2.45) is 0 Å². The fraction of sp³-hybridized carbons (Fsp3) is 0.100. The van der Waals surface area contributed by atoms with Crippen molar-refractivity contribution in [1.82, 2.24) is 10.1 Å². The number of anilines is 1. The van der Waals surface area contributed by atoms with Gasteiger partial charge in [-0.15, -0.1) is 0 Å². The van der Waals surface area contributed by atoms with E-state index in [1.54, 1.807) is 19.2 Å². The molecule has 0 saturated carbocycles. The molecule has 2 aromatic heterocycles. The van der Waals surface area contributed by atoms with Gasteiger partial charge in [0.2, 0.25) is 0 Å². The number of hydrogen-bond donors (Lipinski definition) is 1. The van der Waals surface area contributed by atoms with Gasteiger partial charge in [0.1, 0.15) is 17.1 Å². The summed E-state index contributed by atoms with van der Waals surface area (Å²) < 4.78 is 5.82. The minimum Gasteiger partial charge on any atom is -0.361 e. The highest BCUT2D eigenvalue weighted by Crippen LogP contribution is 2.11. The number of carbonyl (C=O) groups excluding carboxylic acids is 1. The van der Waals surface area contributed by atoms with Gasteiger partial charge in [-0.2, -0.15) is 0 Å². The van der Waals surface area contributed by atoms with Gasteiger partial charge in [0.05, 0.1) is 6.20 Å². The summed E-state index contributed by atoms with van der Waals surface area (Å²) in [5.74, 6) is 0.724. The maximum Gasteiger partial charge on any atom is 0.262 e. The van der Waals surface area contributed by atoms with Crippen LogP contribution in [0.3, 0.4) is 0 Å². The van der Waals surface area contributed by atoms with E-state index >= 15 is 0 Å². The van der Waals surface area contributed by atoms with Gasteiger partial charge < -0.3 is 9.84 Å². The standard InChI is InChI=1S/C10H8IN3O2/c1-6-8(5-13-16-6)10(15)14-9-3-2-7(11)4-12-9/h2-5H,1H3,(H,12,14,15). The minimum absolute atomic E-state index is 0.271. The Balaban J connectivity index is 2.14. The zero-order valence-electron chi connectivity index (χ0n) is 8.40. The Morgan fingerprint density at radius 3 is 2.81 bits per heavy atom. The third-order valence-corrected chi connectivity index (χ3v) is 2.60. The highest BCUT2D eigenvalue weighted by molar-refractivity contribution is 14.1. The number of halogens is 1. The number of amides is 1. The Bertz CT molecular complexity index is 507. The van der Waals surface area contributed by atoms with Gasteiger partial charge in [0, 0.05) is 9.77 Å². The summed E-state index contributed by atoms with van der Waals surface area (Å²) in [6.45, 7) is 1.68. The first-order chi connectivity index (χ1) is 7.66. The van der Waals surface area contributed by atoms with Crippen LogP contribution in [0.25, 0.3) is 0 Å². The van der Waals surface area contributed by atoms with Crippen LogP contribution in [0.15, 0.2) is 29.0 Å². The number of carbonyl (C=O) groups is 1. The Morgan fingerprint density at radius 2 is 2.25 bits per heavy atom. The van der Waals surface area contributed by atoms with E-state index in [0.29, 0.717) is 17.1 Å². The van der Waals surface area contributed by atoms with Gasteiger partial charge in [-0.05, 0) is 41.6 Å². The predicted octanol–water partition coefficient (Wildman–Crippen LogP) is 2.23. The number of aromatic nitrogens is 2. The average Bonchev–Trinajstić information content (AvgIpc) is 2.68. The maximum atomic E-state index is 11.7. The maximum absolute atomic E-state index is 11.7. The summed E-state index contributed by atoms with van der Waals surface area (Å²) in [6, 6.07) is 3.60. The normalized spacial score (nSPS) is 10.1. The van der Waals surface area contributed by atoms with Crippen LogP contribution in [0.1, 0.15) is 16.1 Å². The lowest BCUT2D eigenvalue weighted by atomic mass is 10.2. The van der Waals surface area contributed by atoms with Gasteiger partial charge in [-0.3, -0.25) is 4.79 Å². The van der Waals surface area contributed by atoms with Gasteiger partial charge >= 0.3 is 0 Å². The molecule has 0 aliphatic heterocycles. The third-order valence-electron chi connectivity index (χ3n) is 1.96. The third kappa shape index (κ3) is 2.38. The first-order valence-electron chi connectivity index (χ1n) is 4.51. The SMILES string of the molecule is Cc1oncc1C(=O)Nc1ccc(I)cn1. The smallest absolute Gasteiger partial charge is 0.262 e. The van der Waals surface area contributed by atoms with Gasteiger partial charge in [0.25, 0.3) is 5.91 Å². The second-order valence-electron chi connectivity index (χ2n) is 3.11. The summed E-state index contributed by atoms with van der Waals surface area (Å²) >= 11 is 2.15. The lowest BCUT2D eigenvalue weighted by Crippen LogP contribution is -2.13. The summed E-state index contributed by atoms with van der Waals surface area (Å²) in [4.78, 5) is 15.8. The molecule has 16 heavy (non-hydrogen) atoms. The quantitative estimate of drug-likeness (QED) is 0.858. The van der Waals surface area contributed by atoms with Crippen molar-refractivity contribution in [2.75, 3.05) is 5.32 Å². The van der Waals surface area contributed by atoms with E-state index in [-0.39, 0.29) is 5.91 Å². The Kier molecular flexibility index (Phi) is 3.18. The van der Waals surface area contributed by atoms with Crippen molar-refractivity contribution in [3.05, 3.63) is 39.4 Å². The molecule has 0 bridgehead atoms. The summed E-state index contributed by atoms with van der Waals surface area (Å²) in [6.07, 6.45) is 3.06. The van der Waals surface area contributed by atoms with Crippen LogP contribution < -0.4 is 5.32 Å². The molecular weight excluding hydrogens is 321 g/mol. The van der Waals surface area contributed by atoms with Gasteiger partial charge in [0.15, 0.2) is 0 Å². The molecule has 0 saturated heterocycles. The van der Waals surface area contributed by atoms with Crippen LogP contribution in [0.2, 0.25) is 0 Å². The van der Waals surface area contributed by atoms with E-state index in [0.717, 1.165) is 3.57 Å². The molecule has 2 heterocycles. The highest BCUT2D eigenvalue weighted by Gasteiger charge is 2.13. The van der Waals surface area contributed by atoms with Gasteiger partial charge in [-0.1, -0.05) is 5.16 Å². The topological polar surface area (TPSA) is 68.0 Å². The van der Waals surface area contributed by atoms with Crippen LogP contribution >= 0.6 is 22.6 Å². The molecule has 0 aliphatic rings. The zero-order valence-corrected chi connectivity index (χ0v) is 10.6. The van der Waals surface area contributed by atoms with Crippen LogP contribution in [0, 0.1) is 10.5 Å². The molecule has 1 N–H and O–H groups in total. The van der Waals surface area contributed by atoms with E-state index in [9.17, 15) is 4.79 Å². The van der Waals surface area contributed by atoms with Crippen LogP contribution in [-0.4, -0.2) is 16.0 Å². The summed E-state index contributed by atoms with van der Waals surface area (Å²) in [5.41, 5.74) is 0.417. The van der Waals surface area contributed by atoms with Crippen molar-refractivity contribution in [1.29, 1.82) is 0 Å². The largest absolute Gasteiger partial charge is 0.361 e. The van der Waals surface area contributed by atoms with E-state index in [1.165, 1.54) is 6.20 Å². The number of nitrogens with zero attached hydrogens (tertiary/aromatic N) is 2. The van der Waals surface area contributed by atoms with Crippen molar-refractivity contribution in [3.8, 4) is 0 Å². The molecule has 82 valence electrons. The van der Waals surface area contributed by atoms with E-state index < -0.39 is 0 Å². The molecule has 0 aliphatic carbocycles. The summed E-state index contributed by atoms with van der Waals surface area (Å²) in [7, 11) is 0. The molecule has 0 atom stereocenters. The van der Waals surface area contributed by atoms with Crippen LogP contribution in [0.4, 0.5) is 5.82 Å². The molecule has 1 amide bonds. The van der Waals surface area contributed by atoms with Crippen molar-refractivity contribution >= 4 is 34.3 Å². The van der Waals surface area contributed by atoms with Crippen LogP contribution in [0.5, 0.6) is 0 Å². The highest BCUT2D eigenvalue weighted by atomic mass is 127. The lowest BCUT2D eigenvalue weighted by molar-refractivity contribution is 0.102. The average molecular weight is 329 g/mol. The van der Waals surface area contributed by atoms with Crippen molar-refractivity contribution in [3.63, 3.8) is 0 Å². The Labute approximate surface area is 105 Å². The first kappa shape index (κ1) is 11.1. The molecule has 6 heteroatoms. The fourth-order valence-corrected chi connectivity index (χ4v) is 1.47. The van der Waals surface area contributed by atoms with E-state index in [2.05, 4.69) is 38.0 Å². The van der Waals surface area contributed by atoms with Crippen LogP contribution in [-0.2, 0) is 0 Å². The Hall–Kier alpha value is -1.44. The number of hydrogen-bond acceptors (Lipinski definition) is 4. The van der Waals surface area contributed by atoms with Crippen molar-refractivity contribution in [2.45, 2.75) is 6.92 Å². The second kappa shape index (κ2) is 4.60. The molecular formula is C10H8IN3O2. The van der Waals surface area contributed by atoms with Crippen molar-refractivity contribution < 1.29 is 9.32 Å². The molecule has 0 fully saturated rings. The minimum atomic E-state index is -0.271. The molecule has 5 nitrogen and oxygen atoms in total.